The summed E-state index contributed by atoms with van der Waals surface area (Å²) in [4.78, 5) is 32.5. The van der Waals surface area contributed by atoms with Crippen LogP contribution in [0.1, 0.15) is 35.4 Å². The molecular weight excluding hydrogens is 478 g/mol. The minimum atomic E-state index is -0.0277. The first-order valence-corrected chi connectivity index (χ1v) is 14.0. The normalized spacial score (nSPS) is 14.2. The monoisotopic (exact) mass is 513 g/mol. The molecule has 37 heavy (non-hydrogen) atoms. The molecule has 192 valence electrons. The number of carbonyl (C=O) groups is 1. The number of hydrogen-bond acceptors (Lipinski definition) is 5. The zero-order valence-corrected chi connectivity index (χ0v) is 22.3. The number of aryl methyl sites for hydroxylation is 1. The van der Waals surface area contributed by atoms with E-state index in [0.717, 1.165) is 60.6 Å². The summed E-state index contributed by atoms with van der Waals surface area (Å²) in [5.74, 6) is 1.57. The lowest BCUT2D eigenvalue weighted by Crippen LogP contribution is -2.36. The van der Waals surface area contributed by atoms with E-state index in [1.165, 1.54) is 18.4 Å². The fourth-order valence-electron chi connectivity index (χ4n) is 4.56. The number of hydrogen-bond donors (Lipinski definition) is 1. The molecule has 0 bridgehead atoms. The number of para-hydroxylation sites is 1. The first-order chi connectivity index (χ1) is 18.1. The molecule has 5 rings (SSSR count). The lowest BCUT2D eigenvalue weighted by atomic mass is 10.1. The minimum Gasteiger partial charge on any atom is -0.309 e. The fourth-order valence-corrected chi connectivity index (χ4v) is 5.63. The largest absolute Gasteiger partial charge is 0.309 e. The van der Waals surface area contributed by atoms with E-state index < -0.39 is 0 Å². The van der Waals surface area contributed by atoms with Crippen LogP contribution in [0.4, 0.5) is 0 Å². The quantitative estimate of drug-likeness (QED) is 0.311. The van der Waals surface area contributed by atoms with E-state index in [2.05, 4.69) is 40.2 Å². The number of aromatic nitrogens is 2. The zero-order valence-electron chi connectivity index (χ0n) is 21.4. The number of piperidine rings is 1. The van der Waals surface area contributed by atoms with Gasteiger partial charge in [0.1, 0.15) is 12.1 Å². The maximum Gasteiger partial charge on any atom is 0.258 e. The van der Waals surface area contributed by atoms with Gasteiger partial charge in [-0.15, -0.1) is 0 Å². The Labute approximate surface area is 223 Å². The van der Waals surface area contributed by atoms with Crippen molar-refractivity contribution in [1.82, 2.24) is 14.9 Å². The number of aldehydes is 1. The van der Waals surface area contributed by atoms with Crippen molar-refractivity contribution in [1.29, 1.82) is 0 Å². The topological polar surface area (TPSA) is 66.1 Å². The number of benzene rings is 3. The molecule has 1 fully saturated rings. The van der Waals surface area contributed by atoms with Crippen LogP contribution in [0.15, 0.2) is 83.7 Å². The highest BCUT2D eigenvalue weighted by atomic mass is 32.2. The molecule has 4 aromatic rings. The first-order valence-electron chi connectivity index (χ1n) is 13.0. The molecule has 0 aliphatic carbocycles. The Morgan fingerprint density at radius 3 is 2.30 bits per heavy atom. The number of thioether (sulfide) groups is 1. The molecule has 0 spiro atoms. The second kappa shape index (κ2) is 13.9. The highest BCUT2D eigenvalue weighted by Crippen LogP contribution is 2.26. The molecule has 3 aromatic carbocycles. The molecule has 6 heteroatoms. The predicted octanol–water partition coefficient (Wildman–Crippen LogP) is 5.60. The fraction of sp³-hybridized carbons (Fsp3) is 0.323. The Kier molecular flexibility index (Phi) is 10.1. The summed E-state index contributed by atoms with van der Waals surface area (Å²) < 4.78 is 0. The van der Waals surface area contributed by atoms with Gasteiger partial charge in [-0.25, -0.2) is 4.98 Å². The molecule has 0 amide bonds. The van der Waals surface area contributed by atoms with Crippen LogP contribution in [-0.4, -0.2) is 46.0 Å². The van der Waals surface area contributed by atoms with E-state index in [0.29, 0.717) is 17.1 Å². The van der Waals surface area contributed by atoms with Crippen LogP contribution in [-0.2, 0) is 23.4 Å². The van der Waals surface area contributed by atoms with Gasteiger partial charge in [-0.05, 0) is 62.0 Å². The van der Waals surface area contributed by atoms with Crippen LogP contribution in [0.25, 0.3) is 10.9 Å². The van der Waals surface area contributed by atoms with Crippen molar-refractivity contribution in [3.63, 3.8) is 0 Å². The maximum atomic E-state index is 12.3. The highest BCUT2D eigenvalue weighted by molar-refractivity contribution is 7.99. The summed E-state index contributed by atoms with van der Waals surface area (Å²) in [6, 6.07) is 26.2. The molecule has 5 nitrogen and oxygen atoms in total. The van der Waals surface area contributed by atoms with Crippen LogP contribution >= 0.6 is 11.8 Å². The summed E-state index contributed by atoms with van der Waals surface area (Å²) in [5, 5.41) is 1.33. The van der Waals surface area contributed by atoms with E-state index in [1.807, 2.05) is 67.2 Å². The van der Waals surface area contributed by atoms with E-state index in [-0.39, 0.29) is 5.56 Å². The Morgan fingerprint density at radius 2 is 1.62 bits per heavy atom. The van der Waals surface area contributed by atoms with E-state index in [9.17, 15) is 9.59 Å². The van der Waals surface area contributed by atoms with Crippen LogP contribution in [0.5, 0.6) is 0 Å². The van der Waals surface area contributed by atoms with Crippen molar-refractivity contribution in [2.45, 2.75) is 43.6 Å². The van der Waals surface area contributed by atoms with Gasteiger partial charge in [0, 0.05) is 18.2 Å². The maximum absolute atomic E-state index is 12.3. The Balaban J connectivity index is 0.000000301. The average molecular weight is 514 g/mol. The second-order valence-corrected chi connectivity index (χ2v) is 10.7. The van der Waals surface area contributed by atoms with Gasteiger partial charge >= 0.3 is 0 Å². The van der Waals surface area contributed by atoms with Gasteiger partial charge in [-0.1, -0.05) is 72.8 Å². The number of nitrogens with one attached hydrogen (secondary N) is 1. The van der Waals surface area contributed by atoms with Gasteiger partial charge in [0.05, 0.1) is 16.7 Å². The number of likely N-dealkylation sites (tertiary alicyclic amines) is 1. The third-order valence-electron chi connectivity index (χ3n) is 6.70. The number of rotatable bonds is 8. The lowest BCUT2D eigenvalue weighted by Gasteiger charge is -2.31. The van der Waals surface area contributed by atoms with Gasteiger partial charge in [-0.2, -0.15) is 11.8 Å². The van der Waals surface area contributed by atoms with Crippen LogP contribution in [0, 0.1) is 6.92 Å². The Morgan fingerprint density at radius 1 is 0.946 bits per heavy atom. The average Bonchev–Trinajstić information content (AvgIpc) is 2.94. The van der Waals surface area contributed by atoms with Crippen molar-refractivity contribution >= 4 is 29.0 Å². The molecule has 1 N–H and O–H groups in total. The van der Waals surface area contributed by atoms with Gasteiger partial charge < -0.3 is 14.7 Å². The molecule has 0 radical (unpaired) electrons. The molecule has 0 saturated carbocycles. The molecule has 1 aromatic heterocycles. The van der Waals surface area contributed by atoms with Crippen LogP contribution < -0.4 is 5.56 Å². The third-order valence-corrected chi connectivity index (χ3v) is 8.08. The van der Waals surface area contributed by atoms with Crippen LogP contribution in [0.2, 0.25) is 0 Å². The van der Waals surface area contributed by atoms with Crippen molar-refractivity contribution in [2.24, 2.45) is 0 Å². The van der Waals surface area contributed by atoms with Gasteiger partial charge in [-0.3, -0.25) is 4.79 Å². The number of nitrogens with zero attached hydrogens (tertiary/aromatic N) is 2. The second-order valence-electron chi connectivity index (χ2n) is 9.43. The number of fused-ring (bicyclic) bond motifs is 1. The number of carbonyl (C=O) groups excluding carboxylic acids is 1. The molecule has 2 heterocycles. The predicted molar refractivity (Wildman–Crippen MR) is 154 cm³/mol. The summed E-state index contributed by atoms with van der Waals surface area (Å²) in [6.45, 7) is 5.47. The highest BCUT2D eigenvalue weighted by Gasteiger charge is 2.20. The Hall–Kier alpha value is -3.22. The van der Waals surface area contributed by atoms with Crippen molar-refractivity contribution in [3.8, 4) is 0 Å². The van der Waals surface area contributed by atoms with Crippen LogP contribution in [0.3, 0.4) is 0 Å². The summed E-state index contributed by atoms with van der Waals surface area (Å²) in [6.07, 6.45) is 4.98. The standard InChI is InChI=1S/C23H27N3OS.C8H8O/c1-17-6-5-9-20-22(17)24-21(25-23(20)27)16-28-19-11-14-26(15-12-19)13-10-18-7-3-2-4-8-18;9-7-6-8-4-2-1-3-5-8/h2-9,19H,10-16H2,1H3,(H,24,25,27);1-5,7H,6H2. The molecule has 1 saturated heterocycles. The molecule has 1 aliphatic rings. The van der Waals surface area contributed by atoms with Gasteiger partial charge in [0.2, 0.25) is 0 Å². The first kappa shape index (κ1) is 26.8. The zero-order chi connectivity index (χ0) is 25.9. The minimum absolute atomic E-state index is 0.0277. The molecule has 1 aliphatic heterocycles. The van der Waals surface area contributed by atoms with Crippen molar-refractivity contribution in [2.75, 3.05) is 19.6 Å². The summed E-state index contributed by atoms with van der Waals surface area (Å²) in [7, 11) is 0. The third kappa shape index (κ3) is 8.14. The summed E-state index contributed by atoms with van der Waals surface area (Å²) in [5.41, 5.74) is 4.35. The van der Waals surface area contributed by atoms with Crippen molar-refractivity contribution in [3.05, 3.63) is 112 Å². The number of H-pyrrole nitrogens is 1. The molecular formula is C31H35N3O2S. The molecule has 0 atom stereocenters. The summed E-state index contributed by atoms with van der Waals surface area (Å²) >= 11 is 1.93. The molecule has 0 unspecified atom stereocenters. The van der Waals surface area contributed by atoms with E-state index >= 15 is 0 Å². The lowest BCUT2D eigenvalue weighted by molar-refractivity contribution is -0.107. The van der Waals surface area contributed by atoms with E-state index in [1.54, 1.807) is 0 Å². The Bertz CT molecular complexity index is 1320. The smallest absolute Gasteiger partial charge is 0.258 e. The SMILES string of the molecule is Cc1cccc2c(=O)[nH]c(CSC3CCN(CCc4ccccc4)CC3)nc12.O=CCc1ccccc1. The number of aromatic amines is 1. The van der Waals surface area contributed by atoms with E-state index in [4.69, 9.17) is 4.98 Å². The van der Waals surface area contributed by atoms with Gasteiger partial charge in [0.15, 0.2) is 0 Å². The van der Waals surface area contributed by atoms with Gasteiger partial charge in [0.25, 0.3) is 5.56 Å². The van der Waals surface area contributed by atoms with Crippen molar-refractivity contribution < 1.29 is 4.79 Å².